The number of pyridine rings is 1. The minimum Gasteiger partial charge on any atom is -0.497 e. The first-order chi connectivity index (χ1) is 16.5. The molecule has 0 fully saturated rings. The molecular formula is C25H21N3O6. The van der Waals surface area contributed by atoms with Gasteiger partial charge in [-0.3, -0.25) is 19.7 Å². The number of hydrogen-bond donors (Lipinski definition) is 2. The molecule has 4 aromatic rings. The lowest BCUT2D eigenvalue weighted by Gasteiger charge is -2.14. The number of aromatic nitrogens is 1. The van der Waals surface area contributed by atoms with Gasteiger partial charge in [-0.1, -0.05) is 24.3 Å². The summed E-state index contributed by atoms with van der Waals surface area (Å²) in [7, 11) is 1.53. The monoisotopic (exact) mass is 459 g/mol. The first-order valence-electron chi connectivity index (χ1n) is 10.4. The molecule has 0 radical (unpaired) electrons. The molecule has 172 valence electrons. The first kappa shape index (κ1) is 22.5. The number of amides is 3. The summed E-state index contributed by atoms with van der Waals surface area (Å²) in [6.45, 7) is -0.850. The van der Waals surface area contributed by atoms with Gasteiger partial charge in [0.05, 0.1) is 18.1 Å². The number of anilines is 1. The van der Waals surface area contributed by atoms with Crippen LogP contribution in [0.5, 0.6) is 5.75 Å². The summed E-state index contributed by atoms with van der Waals surface area (Å²) in [5.74, 6) is -0.851. The molecule has 0 spiro atoms. The van der Waals surface area contributed by atoms with Crippen molar-refractivity contribution in [3.05, 3.63) is 83.0 Å². The molecule has 0 aliphatic rings. The van der Waals surface area contributed by atoms with Crippen molar-refractivity contribution in [2.75, 3.05) is 19.0 Å². The Bertz CT molecular complexity index is 1380. The number of ether oxygens (including phenoxy) is 2. The number of hydrogen-bond acceptors (Lipinski definition) is 6. The van der Waals surface area contributed by atoms with Crippen LogP contribution >= 0.6 is 0 Å². The average Bonchev–Trinajstić information content (AvgIpc) is 2.85. The van der Waals surface area contributed by atoms with Crippen LogP contribution in [0.3, 0.4) is 0 Å². The fourth-order valence-corrected chi connectivity index (χ4v) is 3.57. The lowest BCUT2D eigenvalue weighted by atomic mass is 10.1. The lowest BCUT2D eigenvalue weighted by Crippen LogP contribution is -2.37. The predicted molar refractivity (Wildman–Crippen MR) is 127 cm³/mol. The third kappa shape index (κ3) is 4.88. The van der Waals surface area contributed by atoms with Gasteiger partial charge in [-0.25, -0.2) is 4.79 Å². The topological polar surface area (TPSA) is 116 Å². The first-order valence-corrected chi connectivity index (χ1v) is 10.4. The maximum atomic E-state index is 12.8. The summed E-state index contributed by atoms with van der Waals surface area (Å²) in [5, 5.41) is 5.54. The van der Waals surface area contributed by atoms with Gasteiger partial charge in [0.25, 0.3) is 5.91 Å². The summed E-state index contributed by atoms with van der Waals surface area (Å²) >= 11 is 0. The largest absolute Gasteiger partial charge is 0.497 e. The number of carbonyl (C=O) groups excluding carboxylic acids is 3. The minimum absolute atomic E-state index is 0.127. The van der Waals surface area contributed by atoms with Crippen molar-refractivity contribution in [1.82, 2.24) is 9.88 Å². The Kier molecular flexibility index (Phi) is 6.54. The van der Waals surface area contributed by atoms with Crippen LogP contribution < -0.4 is 20.8 Å². The second kappa shape index (κ2) is 9.86. The van der Waals surface area contributed by atoms with E-state index in [-0.39, 0.29) is 12.0 Å². The molecule has 0 aliphatic heterocycles. The van der Waals surface area contributed by atoms with E-state index in [9.17, 15) is 19.2 Å². The zero-order valence-electron chi connectivity index (χ0n) is 18.2. The third-order valence-corrected chi connectivity index (χ3v) is 5.13. The molecule has 1 heterocycles. The average molecular weight is 459 g/mol. The fraction of sp³-hybridized carbons (Fsp3) is 0.120. The Morgan fingerprint density at radius 1 is 0.853 bits per heavy atom. The number of benzene rings is 3. The van der Waals surface area contributed by atoms with Gasteiger partial charge >= 0.3 is 12.0 Å². The second-order valence-corrected chi connectivity index (χ2v) is 7.34. The fourth-order valence-electron chi connectivity index (χ4n) is 3.57. The van der Waals surface area contributed by atoms with Gasteiger partial charge in [-0.15, -0.1) is 0 Å². The molecular weight excluding hydrogens is 438 g/mol. The second-order valence-electron chi connectivity index (χ2n) is 7.34. The highest BCUT2D eigenvalue weighted by Crippen LogP contribution is 2.19. The molecule has 0 bridgehead atoms. The van der Waals surface area contributed by atoms with E-state index < -0.39 is 24.5 Å². The van der Waals surface area contributed by atoms with Crippen LogP contribution in [0.2, 0.25) is 0 Å². The van der Waals surface area contributed by atoms with E-state index >= 15 is 0 Å². The van der Waals surface area contributed by atoms with Crippen LogP contribution in [-0.4, -0.2) is 36.2 Å². The Hall–Kier alpha value is -4.66. The Balaban J connectivity index is 1.40. The molecule has 3 amide bonds. The van der Waals surface area contributed by atoms with Crippen molar-refractivity contribution in [1.29, 1.82) is 0 Å². The normalized spacial score (nSPS) is 10.6. The number of rotatable bonds is 6. The molecule has 9 nitrogen and oxygen atoms in total. The van der Waals surface area contributed by atoms with Crippen molar-refractivity contribution in [3.8, 4) is 5.75 Å². The number of para-hydroxylation sites is 2. The van der Waals surface area contributed by atoms with Gasteiger partial charge < -0.3 is 19.4 Å². The molecule has 0 saturated heterocycles. The van der Waals surface area contributed by atoms with E-state index in [1.807, 2.05) is 0 Å². The van der Waals surface area contributed by atoms with Gasteiger partial charge in [-0.2, -0.15) is 0 Å². The minimum atomic E-state index is -0.783. The summed E-state index contributed by atoms with van der Waals surface area (Å²) < 4.78 is 11.8. The van der Waals surface area contributed by atoms with E-state index in [0.717, 1.165) is 0 Å². The van der Waals surface area contributed by atoms with E-state index in [1.165, 1.54) is 7.11 Å². The molecule has 34 heavy (non-hydrogen) atoms. The highest BCUT2D eigenvalue weighted by Gasteiger charge is 2.15. The van der Waals surface area contributed by atoms with Crippen molar-refractivity contribution in [2.24, 2.45) is 0 Å². The van der Waals surface area contributed by atoms with Crippen LogP contribution in [0.15, 0.2) is 77.6 Å². The van der Waals surface area contributed by atoms with Crippen LogP contribution in [0, 0.1) is 0 Å². The Morgan fingerprint density at radius 3 is 2.03 bits per heavy atom. The zero-order chi connectivity index (χ0) is 24.1. The molecule has 0 aliphatic carbocycles. The number of nitrogens with zero attached hydrogens (tertiary/aromatic N) is 1. The number of imide groups is 1. The highest BCUT2D eigenvalue weighted by atomic mass is 16.5. The van der Waals surface area contributed by atoms with Crippen molar-refractivity contribution in [2.45, 2.75) is 6.54 Å². The maximum Gasteiger partial charge on any atom is 0.326 e. The smallest absolute Gasteiger partial charge is 0.326 e. The third-order valence-electron chi connectivity index (χ3n) is 5.13. The number of nitrogens with one attached hydrogen (secondary N) is 2. The number of fused-ring (bicyclic) bond motifs is 2. The molecule has 1 aromatic heterocycles. The van der Waals surface area contributed by atoms with Crippen LogP contribution in [0.1, 0.15) is 0 Å². The van der Waals surface area contributed by atoms with E-state index in [4.69, 9.17) is 9.47 Å². The maximum absolute atomic E-state index is 12.8. The van der Waals surface area contributed by atoms with Crippen molar-refractivity contribution < 1.29 is 23.9 Å². The highest BCUT2D eigenvalue weighted by molar-refractivity contribution is 6.02. The molecule has 0 atom stereocenters. The van der Waals surface area contributed by atoms with E-state index in [2.05, 4.69) is 10.6 Å². The molecule has 0 unspecified atom stereocenters. The standard InChI is InChI=1S/C25H21N3O6/c1-33-17-12-10-16(11-13-17)26-25(32)27-22(29)15-34-23(30)14-28-20-8-4-2-6-18(20)24(31)19-7-3-5-9-21(19)28/h2-13H,14-15H2,1H3,(H2,26,27,29,32). The number of carbonyl (C=O) groups is 3. The Labute approximate surface area is 193 Å². The quantitative estimate of drug-likeness (QED) is 0.338. The van der Waals surface area contributed by atoms with Crippen LogP contribution in [-0.2, 0) is 20.9 Å². The molecule has 0 saturated carbocycles. The molecule has 4 rings (SSSR count). The van der Waals surface area contributed by atoms with Gasteiger partial charge in [0.1, 0.15) is 12.3 Å². The van der Waals surface area contributed by atoms with Crippen LogP contribution in [0.25, 0.3) is 21.8 Å². The number of esters is 1. The van der Waals surface area contributed by atoms with Gasteiger partial charge in [0.15, 0.2) is 12.0 Å². The molecule has 2 N–H and O–H groups in total. The SMILES string of the molecule is COc1ccc(NC(=O)NC(=O)COC(=O)Cn2c3ccccc3c(=O)c3ccccc32)cc1. The summed E-state index contributed by atoms with van der Waals surface area (Å²) in [4.78, 5) is 49.3. The molecule has 9 heteroatoms. The number of methoxy groups -OCH3 is 1. The number of urea groups is 1. The van der Waals surface area contributed by atoms with Crippen LogP contribution in [0.4, 0.5) is 10.5 Å². The Morgan fingerprint density at radius 2 is 1.44 bits per heavy atom. The molecule has 3 aromatic carbocycles. The van der Waals surface area contributed by atoms with Crippen molar-refractivity contribution in [3.63, 3.8) is 0 Å². The lowest BCUT2D eigenvalue weighted by molar-refractivity contribution is -0.148. The van der Waals surface area contributed by atoms with Gasteiger partial charge in [0, 0.05) is 16.5 Å². The van der Waals surface area contributed by atoms with Gasteiger partial charge in [0.2, 0.25) is 0 Å². The van der Waals surface area contributed by atoms with Crippen molar-refractivity contribution >= 4 is 45.4 Å². The summed E-state index contributed by atoms with van der Waals surface area (Å²) in [6, 6.07) is 19.7. The van der Waals surface area contributed by atoms with E-state index in [1.54, 1.807) is 77.4 Å². The van der Waals surface area contributed by atoms with E-state index in [0.29, 0.717) is 33.2 Å². The zero-order valence-corrected chi connectivity index (χ0v) is 18.2. The summed E-state index contributed by atoms with van der Waals surface area (Å²) in [5.41, 5.74) is 1.48. The van der Waals surface area contributed by atoms with Gasteiger partial charge in [-0.05, 0) is 48.5 Å². The predicted octanol–water partition coefficient (Wildman–Crippen LogP) is 3.05. The summed E-state index contributed by atoms with van der Waals surface area (Å²) in [6.07, 6.45) is 0.